The summed E-state index contributed by atoms with van der Waals surface area (Å²) in [5.41, 5.74) is 3.71. The molecule has 0 aliphatic carbocycles. The molecule has 0 spiro atoms. The van der Waals surface area contributed by atoms with Gasteiger partial charge in [-0.25, -0.2) is 13.1 Å². The van der Waals surface area contributed by atoms with Crippen LogP contribution in [0.25, 0.3) is 0 Å². The molecule has 1 N–H and O–H groups in total. The zero-order valence-electron chi connectivity index (χ0n) is 16.6. The van der Waals surface area contributed by atoms with Crippen LogP contribution in [0.1, 0.15) is 22.3 Å². The number of nitrogens with one attached hydrogen (secondary N) is 1. The van der Waals surface area contributed by atoms with E-state index in [1.165, 1.54) is 0 Å². The van der Waals surface area contributed by atoms with Crippen molar-refractivity contribution in [3.8, 4) is 5.75 Å². The highest BCUT2D eigenvalue weighted by molar-refractivity contribution is 7.89. The third-order valence-electron chi connectivity index (χ3n) is 4.62. The fourth-order valence-corrected chi connectivity index (χ4v) is 4.09. The van der Waals surface area contributed by atoms with Crippen LogP contribution in [0.4, 0.5) is 0 Å². The monoisotopic (exact) mass is 411 g/mol. The number of hydrogen-bond acceptors (Lipinski definition) is 4. The second-order valence-electron chi connectivity index (χ2n) is 6.70. The van der Waals surface area contributed by atoms with Gasteiger partial charge in [-0.05, 0) is 47.4 Å². The number of aryl methyl sites for hydroxylation is 1. The Kier molecular flexibility index (Phi) is 7.04. The molecule has 3 aromatic rings. The summed E-state index contributed by atoms with van der Waals surface area (Å²) in [5.74, 6) is 0.657. The summed E-state index contributed by atoms with van der Waals surface area (Å²) in [6, 6.07) is 22.4. The molecule has 6 heteroatoms. The van der Waals surface area contributed by atoms with Crippen molar-refractivity contribution >= 4 is 10.0 Å². The van der Waals surface area contributed by atoms with Gasteiger partial charge in [-0.1, -0.05) is 54.6 Å². The first-order valence-corrected chi connectivity index (χ1v) is 10.8. The lowest BCUT2D eigenvalue weighted by molar-refractivity contribution is 0.106. The van der Waals surface area contributed by atoms with Gasteiger partial charge in [0, 0.05) is 6.54 Å². The van der Waals surface area contributed by atoms with E-state index in [1.807, 2.05) is 61.5 Å². The highest BCUT2D eigenvalue weighted by Gasteiger charge is 2.16. The van der Waals surface area contributed by atoms with Crippen molar-refractivity contribution in [2.45, 2.75) is 31.6 Å². The Balaban J connectivity index is 1.65. The predicted molar refractivity (Wildman–Crippen MR) is 113 cm³/mol. The molecular weight excluding hydrogens is 386 g/mol. The van der Waals surface area contributed by atoms with Crippen molar-refractivity contribution in [1.82, 2.24) is 4.72 Å². The number of hydrogen-bond donors (Lipinski definition) is 1. The van der Waals surface area contributed by atoms with Gasteiger partial charge in [0.2, 0.25) is 10.0 Å². The molecule has 0 amide bonds. The number of ether oxygens (including phenoxy) is 2. The molecule has 0 saturated carbocycles. The minimum Gasteiger partial charge on any atom is -0.496 e. The zero-order valence-corrected chi connectivity index (χ0v) is 17.4. The average Bonchev–Trinajstić information content (AvgIpc) is 2.74. The third kappa shape index (κ3) is 5.67. The number of benzene rings is 3. The number of sulfonamides is 1. The number of rotatable bonds is 9. The Morgan fingerprint density at radius 3 is 2.24 bits per heavy atom. The first kappa shape index (κ1) is 21.0. The highest BCUT2D eigenvalue weighted by atomic mass is 32.2. The molecule has 0 heterocycles. The minimum atomic E-state index is -3.63. The van der Waals surface area contributed by atoms with Gasteiger partial charge in [0.25, 0.3) is 0 Å². The molecule has 0 aliphatic rings. The van der Waals surface area contributed by atoms with Gasteiger partial charge >= 0.3 is 0 Å². The molecule has 0 bridgehead atoms. The van der Waals surface area contributed by atoms with E-state index in [0.717, 1.165) is 22.3 Å². The van der Waals surface area contributed by atoms with Gasteiger partial charge in [0.05, 0.1) is 25.2 Å². The second kappa shape index (κ2) is 9.69. The van der Waals surface area contributed by atoms with Gasteiger partial charge in [0.15, 0.2) is 0 Å². The van der Waals surface area contributed by atoms with E-state index in [-0.39, 0.29) is 11.4 Å². The molecule has 0 fully saturated rings. The Morgan fingerprint density at radius 2 is 1.55 bits per heavy atom. The zero-order chi connectivity index (χ0) is 20.7. The lowest BCUT2D eigenvalue weighted by Crippen LogP contribution is -2.24. The normalized spacial score (nSPS) is 11.4. The standard InChI is InChI=1S/C23H25NO4S/c1-18-14-22(12-13-23(18)27-2)29(25,26)24-15-20-10-6-7-11-21(20)17-28-16-19-8-4-3-5-9-19/h3-14,24H,15-17H2,1-2H3. The van der Waals surface area contributed by atoms with Crippen LogP contribution in [0.3, 0.4) is 0 Å². The van der Waals surface area contributed by atoms with E-state index >= 15 is 0 Å². The summed E-state index contributed by atoms with van der Waals surface area (Å²) in [6.45, 7) is 2.93. The summed E-state index contributed by atoms with van der Waals surface area (Å²) >= 11 is 0. The maximum atomic E-state index is 12.7. The topological polar surface area (TPSA) is 64.6 Å². The van der Waals surface area contributed by atoms with Crippen molar-refractivity contribution in [3.05, 3.63) is 95.1 Å². The van der Waals surface area contributed by atoms with Crippen LogP contribution in [0.5, 0.6) is 5.75 Å². The van der Waals surface area contributed by atoms with Crippen LogP contribution in [0.2, 0.25) is 0 Å². The largest absolute Gasteiger partial charge is 0.496 e. The van der Waals surface area contributed by atoms with Gasteiger partial charge in [0.1, 0.15) is 5.75 Å². The Bertz CT molecular complexity index is 1050. The summed E-state index contributed by atoms with van der Waals surface area (Å²) in [7, 11) is -2.07. The van der Waals surface area contributed by atoms with Gasteiger partial charge in [-0.3, -0.25) is 0 Å². The van der Waals surface area contributed by atoms with Crippen LogP contribution in [0.15, 0.2) is 77.7 Å². The van der Waals surface area contributed by atoms with Crippen LogP contribution < -0.4 is 9.46 Å². The maximum absolute atomic E-state index is 12.7. The summed E-state index contributed by atoms with van der Waals surface area (Å²) in [5, 5.41) is 0. The second-order valence-corrected chi connectivity index (χ2v) is 8.47. The molecule has 0 aliphatic heterocycles. The third-order valence-corrected chi connectivity index (χ3v) is 6.02. The van der Waals surface area contributed by atoms with Crippen molar-refractivity contribution in [2.24, 2.45) is 0 Å². The maximum Gasteiger partial charge on any atom is 0.240 e. The molecule has 3 rings (SSSR count). The van der Waals surface area contributed by atoms with E-state index in [9.17, 15) is 8.42 Å². The van der Waals surface area contributed by atoms with Crippen LogP contribution in [-0.4, -0.2) is 15.5 Å². The molecule has 0 aromatic heterocycles. The summed E-state index contributed by atoms with van der Waals surface area (Å²) in [6.07, 6.45) is 0. The molecule has 0 atom stereocenters. The highest BCUT2D eigenvalue weighted by Crippen LogP contribution is 2.21. The van der Waals surface area contributed by atoms with E-state index in [0.29, 0.717) is 19.0 Å². The molecule has 0 unspecified atom stereocenters. The molecule has 152 valence electrons. The molecule has 3 aromatic carbocycles. The van der Waals surface area contributed by atoms with Gasteiger partial charge in [-0.15, -0.1) is 0 Å². The first-order chi connectivity index (χ1) is 14.0. The fraction of sp³-hybridized carbons (Fsp3) is 0.217. The summed E-state index contributed by atoms with van der Waals surface area (Å²) < 4.78 is 39.1. The number of methoxy groups -OCH3 is 1. The van der Waals surface area contributed by atoms with Gasteiger partial charge in [-0.2, -0.15) is 0 Å². The minimum absolute atomic E-state index is 0.193. The van der Waals surface area contributed by atoms with E-state index in [1.54, 1.807) is 25.3 Å². The molecule has 29 heavy (non-hydrogen) atoms. The van der Waals surface area contributed by atoms with Crippen molar-refractivity contribution < 1.29 is 17.9 Å². The fourth-order valence-electron chi connectivity index (χ4n) is 3.00. The van der Waals surface area contributed by atoms with Crippen molar-refractivity contribution in [2.75, 3.05) is 7.11 Å². The lowest BCUT2D eigenvalue weighted by atomic mass is 10.1. The predicted octanol–water partition coefficient (Wildman–Crippen LogP) is 4.20. The Labute approximate surface area is 172 Å². The van der Waals surface area contributed by atoms with Crippen molar-refractivity contribution in [1.29, 1.82) is 0 Å². The molecule has 0 saturated heterocycles. The smallest absolute Gasteiger partial charge is 0.240 e. The molecule has 0 radical (unpaired) electrons. The SMILES string of the molecule is COc1ccc(S(=O)(=O)NCc2ccccc2COCc2ccccc2)cc1C. The average molecular weight is 412 g/mol. The van der Waals surface area contributed by atoms with Crippen LogP contribution >= 0.6 is 0 Å². The van der Waals surface area contributed by atoms with Crippen molar-refractivity contribution in [3.63, 3.8) is 0 Å². The summed E-state index contributed by atoms with van der Waals surface area (Å²) in [4.78, 5) is 0.216. The Hall–Kier alpha value is -2.67. The molecular formula is C23H25NO4S. The van der Waals surface area contributed by atoms with Crippen LogP contribution in [0, 0.1) is 6.92 Å². The first-order valence-electron chi connectivity index (χ1n) is 9.32. The quantitative estimate of drug-likeness (QED) is 0.573. The Morgan fingerprint density at radius 1 is 0.862 bits per heavy atom. The molecule has 5 nitrogen and oxygen atoms in total. The van der Waals surface area contributed by atoms with E-state index < -0.39 is 10.0 Å². The van der Waals surface area contributed by atoms with Gasteiger partial charge < -0.3 is 9.47 Å². The van der Waals surface area contributed by atoms with E-state index in [2.05, 4.69) is 4.72 Å². The van der Waals surface area contributed by atoms with Crippen LogP contribution in [-0.2, 0) is 34.5 Å². The lowest BCUT2D eigenvalue weighted by Gasteiger charge is -2.13. The van der Waals surface area contributed by atoms with E-state index in [4.69, 9.17) is 9.47 Å².